The van der Waals surface area contributed by atoms with Gasteiger partial charge >= 0.3 is 0 Å². The minimum absolute atomic E-state index is 0.458. The molecule has 4 nitrogen and oxygen atoms in total. The van der Waals surface area contributed by atoms with Gasteiger partial charge in [0.2, 0.25) is 0 Å². The molecule has 0 atom stereocenters. The van der Waals surface area contributed by atoms with Crippen LogP contribution in [0.3, 0.4) is 0 Å². The Morgan fingerprint density at radius 1 is 1.56 bits per heavy atom. The van der Waals surface area contributed by atoms with Crippen molar-refractivity contribution in [3.05, 3.63) is 21.9 Å². The first-order valence-electron chi connectivity index (χ1n) is 5.01. The van der Waals surface area contributed by atoms with Crippen LogP contribution in [0.1, 0.15) is 13.8 Å². The van der Waals surface area contributed by atoms with Crippen molar-refractivity contribution in [1.82, 2.24) is 14.6 Å². The Labute approximate surface area is 107 Å². The number of hydrogen-bond acceptors (Lipinski definition) is 3. The van der Waals surface area contributed by atoms with E-state index in [9.17, 15) is 0 Å². The molecule has 86 valence electrons. The van der Waals surface area contributed by atoms with E-state index in [1.165, 1.54) is 0 Å². The number of hydrogen-bond donors (Lipinski definition) is 1. The summed E-state index contributed by atoms with van der Waals surface area (Å²) in [6, 6.07) is 1.77. The minimum Gasteiger partial charge on any atom is -0.370 e. The first-order valence-corrected chi connectivity index (χ1v) is 6.18. The van der Waals surface area contributed by atoms with Gasteiger partial charge in [0, 0.05) is 12.6 Å². The fourth-order valence-electron chi connectivity index (χ4n) is 1.34. The first-order chi connectivity index (χ1) is 7.58. The number of aromatic nitrogens is 3. The zero-order valence-electron chi connectivity index (χ0n) is 9.04. The van der Waals surface area contributed by atoms with Crippen LogP contribution in [-0.4, -0.2) is 21.1 Å². The molecule has 1 N–H and O–H groups in total. The summed E-state index contributed by atoms with van der Waals surface area (Å²) in [5.74, 6) is 1.41. The van der Waals surface area contributed by atoms with E-state index in [4.69, 9.17) is 11.6 Å². The Hall–Kier alpha value is -0.810. The minimum atomic E-state index is 0.458. The molecule has 2 aromatic heterocycles. The Bertz CT molecular complexity index is 509. The lowest BCUT2D eigenvalue weighted by atomic mass is 10.2. The van der Waals surface area contributed by atoms with Crippen LogP contribution in [0, 0.1) is 5.92 Å². The molecule has 0 radical (unpaired) electrons. The molecule has 0 bridgehead atoms. The fraction of sp³-hybridized carbons (Fsp3) is 0.400. The van der Waals surface area contributed by atoms with Crippen LogP contribution in [0.2, 0.25) is 5.15 Å². The van der Waals surface area contributed by atoms with Crippen molar-refractivity contribution >= 4 is 39.0 Å². The largest absolute Gasteiger partial charge is 0.370 e. The summed E-state index contributed by atoms with van der Waals surface area (Å²) in [5.41, 5.74) is 0.721. The van der Waals surface area contributed by atoms with Gasteiger partial charge in [-0.25, -0.2) is 4.98 Å². The van der Waals surface area contributed by atoms with Gasteiger partial charge in [0.05, 0.1) is 10.7 Å². The predicted octanol–water partition coefficient (Wildman–Crippen LogP) is 3.21. The smallest absolute Gasteiger partial charge is 0.173 e. The second-order valence-corrected chi connectivity index (χ2v) is 5.21. The molecule has 2 aromatic rings. The second-order valence-electron chi connectivity index (χ2n) is 3.97. The van der Waals surface area contributed by atoms with Crippen LogP contribution < -0.4 is 5.32 Å². The van der Waals surface area contributed by atoms with Crippen LogP contribution in [0.25, 0.3) is 5.65 Å². The average molecular weight is 304 g/mol. The maximum Gasteiger partial charge on any atom is 0.173 e. The summed E-state index contributed by atoms with van der Waals surface area (Å²) in [4.78, 5) is 4.20. The van der Waals surface area contributed by atoms with Crippen LogP contribution in [0.4, 0.5) is 5.82 Å². The van der Waals surface area contributed by atoms with Gasteiger partial charge in [-0.05, 0) is 21.8 Å². The maximum absolute atomic E-state index is 5.95. The number of nitrogens with zero attached hydrogens (tertiary/aromatic N) is 3. The van der Waals surface area contributed by atoms with Crippen molar-refractivity contribution in [2.24, 2.45) is 5.92 Å². The van der Waals surface area contributed by atoms with Gasteiger partial charge in [-0.3, -0.25) is 0 Å². The van der Waals surface area contributed by atoms with E-state index in [1.54, 1.807) is 16.8 Å². The summed E-state index contributed by atoms with van der Waals surface area (Å²) < 4.78 is 2.57. The van der Waals surface area contributed by atoms with Crippen molar-refractivity contribution in [3.63, 3.8) is 0 Å². The number of fused-ring (bicyclic) bond motifs is 1. The highest BCUT2D eigenvalue weighted by Gasteiger charge is 2.09. The molecule has 0 aliphatic heterocycles. The van der Waals surface area contributed by atoms with E-state index >= 15 is 0 Å². The lowest BCUT2D eigenvalue weighted by molar-refractivity contribution is 0.684. The fourth-order valence-corrected chi connectivity index (χ4v) is 1.87. The van der Waals surface area contributed by atoms with Gasteiger partial charge in [0.1, 0.15) is 11.0 Å². The Kier molecular flexibility index (Phi) is 3.35. The van der Waals surface area contributed by atoms with Gasteiger partial charge in [0.25, 0.3) is 0 Å². The van der Waals surface area contributed by atoms with Gasteiger partial charge in [-0.2, -0.15) is 9.61 Å². The summed E-state index contributed by atoms with van der Waals surface area (Å²) in [6.45, 7) is 5.16. The van der Waals surface area contributed by atoms with Crippen molar-refractivity contribution in [3.8, 4) is 0 Å². The Morgan fingerprint density at radius 2 is 2.31 bits per heavy atom. The zero-order chi connectivity index (χ0) is 11.7. The van der Waals surface area contributed by atoms with Gasteiger partial charge in [0.15, 0.2) is 5.65 Å². The van der Waals surface area contributed by atoms with Crippen molar-refractivity contribution in [2.75, 3.05) is 11.9 Å². The molecule has 2 heterocycles. The lowest BCUT2D eigenvalue weighted by Crippen LogP contribution is -2.11. The molecule has 16 heavy (non-hydrogen) atoms. The van der Waals surface area contributed by atoms with Gasteiger partial charge in [-0.1, -0.05) is 25.4 Å². The SMILES string of the molecule is CC(C)CNc1cc(Cl)nc2c(Br)cnn12. The van der Waals surface area contributed by atoms with E-state index in [2.05, 4.69) is 45.2 Å². The Morgan fingerprint density at radius 3 is 3.00 bits per heavy atom. The molecule has 0 aromatic carbocycles. The summed E-state index contributed by atoms with van der Waals surface area (Å²) >= 11 is 9.34. The molecule has 0 fully saturated rings. The number of rotatable bonds is 3. The third-order valence-corrected chi connectivity index (χ3v) is 2.84. The molecule has 6 heteroatoms. The normalized spacial score (nSPS) is 11.3. The highest BCUT2D eigenvalue weighted by molar-refractivity contribution is 9.10. The van der Waals surface area contributed by atoms with Gasteiger partial charge < -0.3 is 5.32 Å². The number of anilines is 1. The quantitative estimate of drug-likeness (QED) is 0.885. The standard InChI is InChI=1S/C10H12BrClN4/c1-6(2)4-13-9-3-8(12)15-10-7(11)5-14-16(9)10/h3,5-6,13H,4H2,1-2H3. The van der Waals surface area contributed by atoms with Crippen LogP contribution in [0.5, 0.6) is 0 Å². The molecular weight excluding hydrogens is 291 g/mol. The maximum atomic E-state index is 5.95. The topological polar surface area (TPSA) is 42.2 Å². The number of nitrogens with one attached hydrogen (secondary N) is 1. The van der Waals surface area contributed by atoms with Crippen molar-refractivity contribution in [2.45, 2.75) is 13.8 Å². The third kappa shape index (κ3) is 2.30. The number of halogens is 2. The summed E-state index contributed by atoms with van der Waals surface area (Å²) in [6.07, 6.45) is 1.71. The van der Waals surface area contributed by atoms with Crippen molar-refractivity contribution in [1.29, 1.82) is 0 Å². The molecule has 0 amide bonds. The lowest BCUT2D eigenvalue weighted by Gasteiger charge is -2.10. The molecular formula is C10H12BrClN4. The molecule has 0 aliphatic carbocycles. The monoisotopic (exact) mass is 302 g/mol. The molecule has 0 saturated heterocycles. The van der Waals surface area contributed by atoms with E-state index in [0.717, 1.165) is 22.5 Å². The van der Waals surface area contributed by atoms with E-state index in [0.29, 0.717) is 11.1 Å². The molecule has 0 saturated carbocycles. The molecule has 0 aliphatic rings. The Balaban J connectivity index is 2.43. The van der Waals surface area contributed by atoms with Crippen molar-refractivity contribution < 1.29 is 0 Å². The summed E-state index contributed by atoms with van der Waals surface area (Å²) in [5, 5.41) is 7.98. The third-order valence-electron chi connectivity index (χ3n) is 2.09. The molecule has 0 unspecified atom stereocenters. The molecule has 2 rings (SSSR count). The highest BCUT2D eigenvalue weighted by atomic mass is 79.9. The van der Waals surface area contributed by atoms with E-state index < -0.39 is 0 Å². The second kappa shape index (κ2) is 4.59. The van der Waals surface area contributed by atoms with E-state index in [1.807, 2.05) is 0 Å². The van der Waals surface area contributed by atoms with Crippen LogP contribution >= 0.6 is 27.5 Å². The molecule has 0 spiro atoms. The van der Waals surface area contributed by atoms with Gasteiger partial charge in [-0.15, -0.1) is 0 Å². The summed E-state index contributed by atoms with van der Waals surface area (Å²) in [7, 11) is 0. The zero-order valence-corrected chi connectivity index (χ0v) is 11.4. The first kappa shape index (κ1) is 11.7. The predicted molar refractivity (Wildman–Crippen MR) is 69.0 cm³/mol. The highest BCUT2D eigenvalue weighted by Crippen LogP contribution is 2.22. The van der Waals surface area contributed by atoms with Crippen LogP contribution in [0.15, 0.2) is 16.7 Å². The average Bonchev–Trinajstić information content (AvgIpc) is 2.57. The van der Waals surface area contributed by atoms with E-state index in [-0.39, 0.29) is 0 Å². The van der Waals surface area contributed by atoms with Crippen LogP contribution in [-0.2, 0) is 0 Å².